The summed E-state index contributed by atoms with van der Waals surface area (Å²) in [6, 6.07) is 11.8. The molecule has 132 valence electrons. The van der Waals surface area contributed by atoms with Gasteiger partial charge in [0.1, 0.15) is 5.69 Å². The molecule has 7 heteroatoms. The number of aromatic nitrogens is 2. The van der Waals surface area contributed by atoms with Crippen molar-refractivity contribution in [2.75, 3.05) is 6.54 Å². The first-order chi connectivity index (χ1) is 12.7. The van der Waals surface area contributed by atoms with E-state index < -0.39 is 0 Å². The second-order valence-corrected chi connectivity index (χ2v) is 8.15. The molecule has 0 aliphatic rings. The number of carbonyl (C=O) groups excluding carboxylic acids is 1. The predicted molar refractivity (Wildman–Crippen MR) is 105 cm³/mol. The molecular weight excluding hydrogens is 366 g/mol. The number of hydrogen-bond donors (Lipinski definition) is 1. The number of carbonyl (C=O) groups is 1. The number of thiazole rings is 2. The Morgan fingerprint density at radius 3 is 2.85 bits per heavy atom. The molecule has 1 N–H and O–H groups in total. The zero-order valence-electron chi connectivity index (χ0n) is 14.2. The zero-order valence-corrected chi connectivity index (χ0v) is 15.8. The van der Waals surface area contributed by atoms with E-state index in [2.05, 4.69) is 21.4 Å². The van der Waals surface area contributed by atoms with Crippen LogP contribution in [0.3, 0.4) is 0 Å². The first-order valence-electron chi connectivity index (χ1n) is 8.34. The Hall–Kier alpha value is -2.51. The number of amides is 1. The molecule has 0 aliphatic carbocycles. The molecular formula is C19H17N3O2S2. The number of fused-ring (bicyclic) bond motifs is 1. The Labute approximate surface area is 158 Å². The molecule has 1 amide bonds. The molecule has 0 saturated heterocycles. The highest BCUT2D eigenvalue weighted by Gasteiger charge is 2.17. The van der Waals surface area contributed by atoms with Gasteiger partial charge in [-0.15, -0.1) is 22.7 Å². The normalized spacial score (nSPS) is 11.1. The Kier molecular flexibility index (Phi) is 4.81. The van der Waals surface area contributed by atoms with Crippen LogP contribution in [0.4, 0.5) is 0 Å². The lowest BCUT2D eigenvalue weighted by Crippen LogP contribution is -2.25. The summed E-state index contributed by atoms with van der Waals surface area (Å²) in [4.78, 5) is 22.3. The minimum absolute atomic E-state index is 0.138. The molecule has 0 aliphatic heterocycles. The quantitative estimate of drug-likeness (QED) is 0.491. The van der Waals surface area contributed by atoms with Crippen LogP contribution in [0.5, 0.6) is 0 Å². The van der Waals surface area contributed by atoms with E-state index in [4.69, 9.17) is 4.42 Å². The summed E-state index contributed by atoms with van der Waals surface area (Å²) >= 11 is 3.18. The minimum Gasteiger partial charge on any atom is -0.462 e. The van der Waals surface area contributed by atoms with Crippen molar-refractivity contribution in [3.05, 3.63) is 58.2 Å². The third-order valence-electron chi connectivity index (χ3n) is 3.93. The summed E-state index contributed by atoms with van der Waals surface area (Å²) < 4.78 is 6.55. The van der Waals surface area contributed by atoms with Gasteiger partial charge in [0.25, 0.3) is 5.91 Å². The van der Waals surface area contributed by atoms with Crippen molar-refractivity contribution in [3.63, 3.8) is 0 Å². The van der Waals surface area contributed by atoms with Gasteiger partial charge in [0.2, 0.25) is 0 Å². The third-order valence-corrected chi connectivity index (χ3v) is 6.02. The Bertz CT molecular complexity index is 1000. The fraction of sp³-hybridized carbons (Fsp3) is 0.211. The smallest absolute Gasteiger partial charge is 0.271 e. The van der Waals surface area contributed by atoms with Crippen LogP contribution in [0, 0.1) is 6.92 Å². The largest absolute Gasteiger partial charge is 0.462 e. The number of benzene rings is 1. The van der Waals surface area contributed by atoms with Gasteiger partial charge in [-0.1, -0.05) is 12.1 Å². The van der Waals surface area contributed by atoms with Gasteiger partial charge in [-0.25, -0.2) is 9.97 Å². The first kappa shape index (κ1) is 16.9. The Morgan fingerprint density at radius 2 is 2.04 bits per heavy atom. The lowest BCUT2D eigenvalue weighted by Gasteiger charge is -2.02. The number of rotatable bonds is 6. The highest BCUT2D eigenvalue weighted by atomic mass is 32.1. The molecule has 0 saturated carbocycles. The topological polar surface area (TPSA) is 68.0 Å². The van der Waals surface area contributed by atoms with Gasteiger partial charge in [-0.2, -0.15) is 0 Å². The molecule has 0 fully saturated rings. The van der Waals surface area contributed by atoms with Crippen LogP contribution in [-0.4, -0.2) is 22.4 Å². The van der Waals surface area contributed by atoms with Gasteiger partial charge in [-0.05, 0) is 37.6 Å². The maximum absolute atomic E-state index is 12.4. The minimum atomic E-state index is -0.138. The molecule has 1 aromatic carbocycles. The summed E-state index contributed by atoms with van der Waals surface area (Å²) in [7, 11) is 0. The third kappa shape index (κ3) is 3.54. The maximum atomic E-state index is 12.4. The second-order valence-electron chi connectivity index (χ2n) is 5.84. The standard InChI is InChI=1S/C19H17N3O2S2/c1-12-17(22-19(25-12)14-7-5-11-24-14)18(23)20-10-4-9-16-21-13-6-2-3-8-15(13)26-16/h2-3,5-8,11H,4,9-10H2,1H3,(H,20,23). The van der Waals surface area contributed by atoms with E-state index in [1.807, 2.05) is 37.3 Å². The number of furan rings is 1. The number of aryl methyl sites for hydroxylation is 2. The number of para-hydroxylation sites is 1. The summed E-state index contributed by atoms with van der Waals surface area (Å²) in [6.07, 6.45) is 3.31. The number of nitrogens with zero attached hydrogens (tertiary/aromatic N) is 2. The summed E-state index contributed by atoms with van der Waals surface area (Å²) in [6.45, 7) is 2.50. The Balaban J connectivity index is 1.32. The van der Waals surface area contributed by atoms with Crippen molar-refractivity contribution in [1.82, 2.24) is 15.3 Å². The average Bonchev–Trinajstić information content (AvgIpc) is 3.36. The first-order valence-corrected chi connectivity index (χ1v) is 9.98. The number of hydrogen-bond acceptors (Lipinski definition) is 6. The SMILES string of the molecule is Cc1sc(-c2ccco2)nc1C(=O)NCCCc1nc2ccccc2s1. The molecule has 5 nitrogen and oxygen atoms in total. The van der Waals surface area contributed by atoms with Crippen LogP contribution in [-0.2, 0) is 6.42 Å². The van der Waals surface area contributed by atoms with Crippen LogP contribution in [0.15, 0.2) is 47.1 Å². The Morgan fingerprint density at radius 1 is 1.15 bits per heavy atom. The lowest BCUT2D eigenvalue weighted by molar-refractivity contribution is 0.0948. The molecule has 0 radical (unpaired) electrons. The lowest BCUT2D eigenvalue weighted by atomic mass is 10.3. The molecule has 3 heterocycles. The summed E-state index contributed by atoms with van der Waals surface area (Å²) in [5.74, 6) is 0.550. The van der Waals surface area contributed by atoms with Crippen molar-refractivity contribution in [2.24, 2.45) is 0 Å². The zero-order chi connectivity index (χ0) is 17.9. The van der Waals surface area contributed by atoms with Crippen LogP contribution >= 0.6 is 22.7 Å². The van der Waals surface area contributed by atoms with Crippen molar-refractivity contribution >= 4 is 38.8 Å². The van der Waals surface area contributed by atoms with Gasteiger partial charge < -0.3 is 9.73 Å². The molecule has 26 heavy (non-hydrogen) atoms. The van der Waals surface area contributed by atoms with Gasteiger partial charge in [-0.3, -0.25) is 4.79 Å². The van der Waals surface area contributed by atoms with E-state index in [0.29, 0.717) is 18.0 Å². The van der Waals surface area contributed by atoms with Gasteiger partial charge in [0.15, 0.2) is 10.8 Å². The monoisotopic (exact) mass is 383 g/mol. The highest BCUT2D eigenvalue weighted by Crippen LogP contribution is 2.28. The van der Waals surface area contributed by atoms with Crippen molar-refractivity contribution in [2.45, 2.75) is 19.8 Å². The van der Waals surface area contributed by atoms with Crippen LogP contribution in [0.1, 0.15) is 26.8 Å². The van der Waals surface area contributed by atoms with Crippen molar-refractivity contribution in [3.8, 4) is 10.8 Å². The molecule has 0 atom stereocenters. The average molecular weight is 383 g/mol. The molecule has 4 rings (SSSR count). The van der Waals surface area contributed by atoms with E-state index in [-0.39, 0.29) is 5.91 Å². The van der Waals surface area contributed by atoms with Gasteiger partial charge >= 0.3 is 0 Å². The molecule has 4 aromatic rings. The molecule has 3 aromatic heterocycles. The maximum Gasteiger partial charge on any atom is 0.271 e. The van der Waals surface area contributed by atoms with E-state index in [9.17, 15) is 4.79 Å². The van der Waals surface area contributed by atoms with Crippen LogP contribution in [0.2, 0.25) is 0 Å². The van der Waals surface area contributed by atoms with E-state index in [1.54, 1.807) is 17.6 Å². The molecule has 0 bridgehead atoms. The fourth-order valence-corrected chi connectivity index (χ4v) is 4.55. The molecule has 0 unspecified atom stereocenters. The van der Waals surface area contributed by atoms with E-state index >= 15 is 0 Å². The van der Waals surface area contributed by atoms with E-state index in [0.717, 1.165) is 33.3 Å². The second kappa shape index (κ2) is 7.39. The summed E-state index contributed by atoms with van der Waals surface area (Å²) in [5.41, 5.74) is 1.52. The van der Waals surface area contributed by atoms with Crippen molar-refractivity contribution < 1.29 is 9.21 Å². The summed E-state index contributed by atoms with van der Waals surface area (Å²) in [5, 5.41) is 4.78. The molecule has 0 spiro atoms. The van der Waals surface area contributed by atoms with Crippen LogP contribution in [0.25, 0.3) is 21.0 Å². The van der Waals surface area contributed by atoms with Gasteiger partial charge in [0, 0.05) is 17.8 Å². The van der Waals surface area contributed by atoms with Gasteiger partial charge in [0.05, 0.1) is 21.5 Å². The van der Waals surface area contributed by atoms with Crippen molar-refractivity contribution in [1.29, 1.82) is 0 Å². The number of nitrogens with one attached hydrogen (secondary N) is 1. The van der Waals surface area contributed by atoms with E-state index in [1.165, 1.54) is 16.0 Å². The highest BCUT2D eigenvalue weighted by molar-refractivity contribution is 7.18. The predicted octanol–water partition coefficient (Wildman–Crippen LogP) is 4.68. The van der Waals surface area contributed by atoms with Crippen LogP contribution < -0.4 is 5.32 Å². The fourth-order valence-electron chi connectivity index (χ4n) is 2.66.